The zero-order chi connectivity index (χ0) is 32.8. The Kier molecular flexibility index (Phi) is 12.7. The molecule has 1 aliphatic heterocycles. The lowest BCUT2D eigenvalue weighted by Gasteiger charge is -2.46. The van der Waals surface area contributed by atoms with Gasteiger partial charge in [-0.3, -0.25) is 0 Å². The Hall–Kier alpha value is -3.95. The van der Waals surface area contributed by atoms with E-state index < -0.39 is 29.9 Å². The van der Waals surface area contributed by atoms with Crippen LogP contribution in [0.15, 0.2) is 150 Å². The van der Waals surface area contributed by atoms with Crippen LogP contribution in [0, 0.1) is 0 Å². The molecule has 5 atom stereocenters. The Morgan fingerprint density at radius 2 is 0.958 bits per heavy atom. The highest BCUT2D eigenvalue weighted by Crippen LogP contribution is 2.38. The fraction of sp³-hybridized carbons (Fsp3) is 0.268. The minimum atomic E-state index is -0.474. The molecule has 6 rings (SSSR count). The van der Waals surface area contributed by atoms with Crippen molar-refractivity contribution in [2.75, 3.05) is 13.7 Å². The highest BCUT2D eigenvalue weighted by Gasteiger charge is 2.49. The maximum absolute atomic E-state index is 6.94. The topological polar surface area (TPSA) is 55.4 Å². The summed E-state index contributed by atoms with van der Waals surface area (Å²) in [6.07, 6.45) is -1.82. The molecule has 0 amide bonds. The third kappa shape index (κ3) is 9.80. The van der Waals surface area contributed by atoms with Gasteiger partial charge in [-0.15, -0.1) is 0 Å². The number of ether oxygens (including phenoxy) is 6. The van der Waals surface area contributed by atoms with Crippen LogP contribution in [0.5, 0.6) is 5.75 Å². The van der Waals surface area contributed by atoms with E-state index in [4.69, 9.17) is 28.4 Å². The van der Waals surface area contributed by atoms with Crippen molar-refractivity contribution in [3.8, 4) is 5.75 Å². The maximum atomic E-state index is 6.94. The van der Waals surface area contributed by atoms with Crippen molar-refractivity contribution in [1.82, 2.24) is 0 Å². The van der Waals surface area contributed by atoms with Crippen molar-refractivity contribution < 1.29 is 28.4 Å². The van der Waals surface area contributed by atoms with Crippen LogP contribution in [0.4, 0.5) is 0 Å². The molecule has 0 radical (unpaired) electrons. The van der Waals surface area contributed by atoms with E-state index in [1.807, 2.05) is 97.1 Å². The van der Waals surface area contributed by atoms with Crippen molar-refractivity contribution >= 4 is 11.8 Å². The molecule has 0 N–H and O–H groups in total. The van der Waals surface area contributed by atoms with E-state index in [2.05, 4.69) is 48.5 Å². The highest BCUT2D eigenvalue weighted by molar-refractivity contribution is 7.99. The molecular weight excluding hydrogens is 621 g/mol. The van der Waals surface area contributed by atoms with Crippen molar-refractivity contribution in [1.29, 1.82) is 0 Å². The average Bonchev–Trinajstić information content (AvgIpc) is 3.15. The monoisotopic (exact) mass is 662 g/mol. The fourth-order valence-electron chi connectivity index (χ4n) is 5.62. The van der Waals surface area contributed by atoms with Crippen molar-refractivity contribution in [2.45, 2.75) is 61.2 Å². The lowest BCUT2D eigenvalue weighted by molar-refractivity contribution is -0.254. The molecule has 0 spiro atoms. The molecule has 5 aromatic rings. The van der Waals surface area contributed by atoms with E-state index in [1.165, 1.54) is 0 Å². The number of hydrogen-bond donors (Lipinski definition) is 0. The summed E-state index contributed by atoms with van der Waals surface area (Å²) in [7, 11) is 1.67. The summed E-state index contributed by atoms with van der Waals surface area (Å²) in [6, 6.07) is 48.8. The van der Waals surface area contributed by atoms with Gasteiger partial charge in [-0.2, -0.15) is 0 Å². The molecule has 0 unspecified atom stereocenters. The minimum absolute atomic E-state index is 0.330. The second-order valence-electron chi connectivity index (χ2n) is 11.6. The van der Waals surface area contributed by atoms with Gasteiger partial charge in [-0.25, -0.2) is 0 Å². The molecular formula is C41H42O6S. The minimum Gasteiger partial charge on any atom is -0.497 e. The molecule has 48 heavy (non-hydrogen) atoms. The standard InChI is InChI=1S/C41H42O6S/c1-42-35-24-22-34(23-25-35)29-46-40-39(45-28-33-18-10-4-11-19-33)38(44-27-32-16-8-3-9-17-32)37(30-43-26-31-14-6-2-7-15-31)47-41(40)48-36-20-12-5-13-21-36/h2-25,37-41H,26-30H2,1H3/t37-,38+,39+,40-,41+/m1/s1. The SMILES string of the molecule is COc1ccc(CO[C@@H]2[C@@H](OCc3ccccc3)[C@@H](OCc3ccccc3)[C@@H](COCc3ccccc3)O[C@H]2Sc2ccccc2)cc1. The molecule has 248 valence electrons. The van der Waals surface area contributed by atoms with E-state index in [1.54, 1.807) is 18.9 Å². The van der Waals surface area contributed by atoms with Gasteiger partial charge >= 0.3 is 0 Å². The number of benzene rings is 5. The Labute approximate surface area is 287 Å². The predicted molar refractivity (Wildman–Crippen MR) is 189 cm³/mol. The van der Waals surface area contributed by atoms with Crippen LogP contribution in [0.3, 0.4) is 0 Å². The van der Waals surface area contributed by atoms with Crippen LogP contribution in [0.25, 0.3) is 0 Å². The van der Waals surface area contributed by atoms with E-state index in [0.717, 1.165) is 32.9 Å². The molecule has 0 aliphatic carbocycles. The molecule has 6 nitrogen and oxygen atoms in total. The number of methoxy groups -OCH3 is 1. The summed E-state index contributed by atoms with van der Waals surface area (Å²) < 4.78 is 39.0. The van der Waals surface area contributed by atoms with Gasteiger partial charge in [0, 0.05) is 4.90 Å². The van der Waals surface area contributed by atoms with Gasteiger partial charge in [-0.1, -0.05) is 133 Å². The lowest BCUT2D eigenvalue weighted by atomic mass is 9.98. The fourth-order valence-corrected chi connectivity index (χ4v) is 6.77. The zero-order valence-corrected chi connectivity index (χ0v) is 28.0. The third-order valence-corrected chi connectivity index (χ3v) is 9.31. The average molecular weight is 663 g/mol. The zero-order valence-electron chi connectivity index (χ0n) is 27.1. The maximum Gasteiger partial charge on any atom is 0.137 e. The van der Waals surface area contributed by atoms with Gasteiger partial charge in [0.2, 0.25) is 0 Å². The van der Waals surface area contributed by atoms with Crippen molar-refractivity contribution in [2.24, 2.45) is 0 Å². The number of rotatable bonds is 16. The molecule has 7 heteroatoms. The third-order valence-electron chi connectivity index (χ3n) is 8.15. The summed E-state index contributed by atoms with van der Waals surface area (Å²) in [5.74, 6) is 0.800. The van der Waals surface area contributed by atoms with Crippen LogP contribution < -0.4 is 4.74 Å². The van der Waals surface area contributed by atoms with Crippen LogP contribution in [-0.4, -0.2) is 43.6 Å². The first-order valence-corrected chi connectivity index (χ1v) is 17.2. The second kappa shape index (κ2) is 18.0. The molecule has 0 bridgehead atoms. The second-order valence-corrected chi connectivity index (χ2v) is 12.8. The van der Waals surface area contributed by atoms with Crippen molar-refractivity contribution in [3.63, 3.8) is 0 Å². The number of hydrogen-bond acceptors (Lipinski definition) is 7. The number of thioether (sulfide) groups is 1. The highest BCUT2D eigenvalue weighted by atomic mass is 32.2. The van der Waals surface area contributed by atoms with Gasteiger partial charge < -0.3 is 28.4 Å². The van der Waals surface area contributed by atoms with E-state index >= 15 is 0 Å². The molecule has 5 aromatic carbocycles. The van der Waals surface area contributed by atoms with Crippen LogP contribution >= 0.6 is 11.8 Å². The van der Waals surface area contributed by atoms with Gasteiger partial charge in [0.05, 0.1) is 40.1 Å². The van der Waals surface area contributed by atoms with Crippen LogP contribution in [0.1, 0.15) is 22.3 Å². The van der Waals surface area contributed by atoms with E-state index in [-0.39, 0.29) is 0 Å². The van der Waals surface area contributed by atoms with Gasteiger partial charge in [0.1, 0.15) is 35.6 Å². The first kappa shape index (κ1) is 33.9. The van der Waals surface area contributed by atoms with Gasteiger partial charge in [-0.05, 0) is 46.5 Å². The molecule has 1 fully saturated rings. The Bertz CT molecular complexity index is 1610. The summed E-state index contributed by atoms with van der Waals surface area (Å²) >= 11 is 1.63. The van der Waals surface area contributed by atoms with Crippen LogP contribution in [-0.2, 0) is 50.1 Å². The quantitative estimate of drug-likeness (QED) is 0.105. The first-order chi connectivity index (χ1) is 23.7. The Morgan fingerprint density at radius 3 is 1.50 bits per heavy atom. The Morgan fingerprint density at radius 1 is 0.500 bits per heavy atom. The normalized spacial score (nSPS) is 20.7. The Balaban J connectivity index is 1.31. The molecule has 1 heterocycles. The molecule has 1 saturated heterocycles. The largest absolute Gasteiger partial charge is 0.497 e. The van der Waals surface area contributed by atoms with Crippen molar-refractivity contribution in [3.05, 3.63) is 168 Å². The molecule has 0 saturated carbocycles. The molecule has 1 aliphatic rings. The molecule has 0 aromatic heterocycles. The first-order valence-electron chi connectivity index (χ1n) is 16.3. The predicted octanol–water partition coefficient (Wildman–Crippen LogP) is 8.49. The summed E-state index contributed by atoms with van der Waals surface area (Å²) in [5, 5.41) is 0. The summed E-state index contributed by atoms with van der Waals surface area (Å²) in [5.41, 5.74) is 3.87. The van der Waals surface area contributed by atoms with Gasteiger partial charge in [0.15, 0.2) is 0 Å². The van der Waals surface area contributed by atoms with Crippen LogP contribution in [0.2, 0.25) is 0 Å². The van der Waals surface area contributed by atoms with Gasteiger partial charge in [0.25, 0.3) is 0 Å². The summed E-state index contributed by atoms with van der Waals surface area (Å²) in [4.78, 5) is 1.08. The smallest absolute Gasteiger partial charge is 0.137 e. The summed E-state index contributed by atoms with van der Waals surface area (Å²) in [6.45, 7) is 1.97. The van der Waals surface area contributed by atoms with E-state index in [9.17, 15) is 0 Å². The lowest BCUT2D eigenvalue weighted by Crippen LogP contribution is -2.60. The van der Waals surface area contributed by atoms with E-state index in [0.29, 0.717) is 33.0 Å².